The molecule has 0 aromatic carbocycles. The van der Waals surface area contributed by atoms with Crippen LogP contribution < -0.4 is 5.73 Å². The predicted molar refractivity (Wildman–Crippen MR) is 69.3 cm³/mol. The van der Waals surface area contributed by atoms with E-state index in [1.54, 1.807) is 4.90 Å². The van der Waals surface area contributed by atoms with E-state index in [2.05, 4.69) is 5.16 Å². The van der Waals surface area contributed by atoms with Gasteiger partial charge >= 0.3 is 0 Å². The zero-order chi connectivity index (χ0) is 13.0. The third kappa shape index (κ3) is 2.94. The molecule has 5 nitrogen and oxygen atoms in total. The molecular weight excluding hydrogens is 230 g/mol. The number of nitrogens with two attached hydrogens (primary N) is 1. The summed E-state index contributed by atoms with van der Waals surface area (Å²) in [4.78, 5) is 14.1. The number of carbonyl (C=O) groups excluding carboxylic acids is 1. The second kappa shape index (κ2) is 6.07. The van der Waals surface area contributed by atoms with Crippen LogP contribution in [0.15, 0.2) is 5.16 Å². The summed E-state index contributed by atoms with van der Waals surface area (Å²) in [5, 5.41) is 11.8. The highest BCUT2D eigenvalue weighted by Gasteiger charge is 2.32. The number of hydrogen-bond acceptors (Lipinski definition) is 3. The van der Waals surface area contributed by atoms with E-state index < -0.39 is 0 Å². The monoisotopic (exact) mass is 253 g/mol. The lowest BCUT2D eigenvalue weighted by Gasteiger charge is -2.27. The standard InChI is InChI=1S/C13H23N3O2/c14-13(15-18)11-7-4-8-16(11)12(17)9-10-5-2-1-3-6-10/h10-11,18H,1-9H2,(H2,14,15). The molecule has 102 valence electrons. The average Bonchev–Trinajstić information content (AvgIpc) is 2.88. The summed E-state index contributed by atoms with van der Waals surface area (Å²) in [5.74, 6) is 0.889. The summed E-state index contributed by atoms with van der Waals surface area (Å²) in [5.41, 5.74) is 5.65. The molecule has 1 saturated heterocycles. The number of rotatable bonds is 3. The van der Waals surface area contributed by atoms with Crippen LogP contribution in [0.2, 0.25) is 0 Å². The van der Waals surface area contributed by atoms with Gasteiger partial charge in [0, 0.05) is 13.0 Å². The van der Waals surface area contributed by atoms with Crippen LogP contribution >= 0.6 is 0 Å². The van der Waals surface area contributed by atoms with Gasteiger partial charge in [0.25, 0.3) is 0 Å². The third-order valence-corrected chi connectivity index (χ3v) is 4.22. The van der Waals surface area contributed by atoms with E-state index in [1.807, 2.05) is 0 Å². The Morgan fingerprint density at radius 2 is 1.94 bits per heavy atom. The summed E-state index contributed by atoms with van der Waals surface area (Å²) in [6, 6.07) is -0.189. The van der Waals surface area contributed by atoms with Gasteiger partial charge in [-0.05, 0) is 31.6 Å². The highest BCUT2D eigenvalue weighted by molar-refractivity contribution is 5.90. The number of oxime groups is 1. The van der Waals surface area contributed by atoms with Crippen LogP contribution in [-0.4, -0.2) is 34.4 Å². The van der Waals surface area contributed by atoms with Gasteiger partial charge in [0.15, 0.2) is 5.84 Å². The van der Waals surface area contributed by atoms with Crippen molar-refractivity contribution in [3.8, 4) is 0 Å². The van der Waals surface area contributed by atoms with E-state index in [1.165, 1.54) is 32.1 Å². The van der Waals surface area contributed by atoms with Gasteiger partial charge in [-0.2, -0.15) is 0 Å². The zero-order valence-electron chi connectivity index (χ0n) is 10.8. The maximum atomic E-state index is 12.3. The first kappa shape index (κ1) is 13.2. The maximum Gasteiger partial charge on any atom is 0.223 e. The highest BCUT2D eigenvalue weighted by Crippen LogP contribution is 2.28. The number of nitrogens with zero attached hydrogens (tertiary/aromatic N) is 2. The SMILES string of the molecule is NC(=NO)C1CCCN1C(=O)CC1CCCCC1. The van der Waals surface area contributed by atoms with Crippen LogP contribution in [0.3, 0.4) is 0 Å². The molecule has 1 saturated carbocycles. The average molecular weight is 253 g/mol. The van der Waals surface area contributed by atoms with E-state index in [0.29, 0.717) is 12.3 Å². The number of amides is 1. The number of carbonyl (C=O) groups is 1. The smallest absolute Gasteiger partial charge is 0.223 e. The van der Waals surface area contributed by atoms with Crippen molar-refractivity contribution in [1.29, 1.82) is 0 Å². The first-order valence-electron chi connectivity index (χ1n) is 6.99. The van der Waals surface area contributed by atoms with Gasteiger partial charge in [0.05, 0.1) is 6.04 Å². The molecule has 0 radical (unpaired) electrons. The summed E-state index contributed by atoms with van der Waals surface area (Å²) < 4.78 is 0. The van der Waals surface area contributed by atoms with Crippen LogP contribution in [0.25, 0.3) is 0 Å². The van der Waals surface area contributed by atoms with E-state index in [9.17, 15) is 4.79 Å². The van der Waals surface area contributed by atoms with Crippen LogP contribution in [0.4, 0.5) is 0 Å². The Hall–Kier alpha value is -1.26. The van der Waals surface area contributed by atoms with Crippen molar-refractivity contribution in [2.75, 3.05) is 6.54 Å². The van der Waals surface area contributed by atoms with Gasteiger partial charge in [0.1, 0.15) is 0 Å². The summed E-state index contributed by atoms with van der Waals surface area (Å²) in [6.45, 7) is 0.742. The van der Waals surface area contributed by atoms with Crippen molar-refractivity contribution >= 4 is 11.7 Å². The molecule has 1 unspecified atom stereocenters. The maximum absolute atomic E-state index is 12.3. The van der Waals surface area contributed by atoms with Crippen LogP contribution in [0.5, 0.6) is 0 Å². The molecule has 1 aliphatic heterocycles. The second-order valence-electron chi connectivity index (χ2n) is 5.48. The number of hydrogen-bond donors (Lipinski definition) is 2. The molecule has 2 rings (SSSR count). The van der Waals surface area contributed by atoms with Gasteiger partial charge in [-0.15, -0.1) is 0 Å². The van der Waals surface area contributed by atoms with Crippen molar-refractivity contribution in [1.82, 2.24) is 4.90 Å². The summed E-state index contributed by atoms with van der Waals surface area (Å²) in [7, 11) is 0. The normalized spacial score (nSPS) is 26.6. The first-order valence-corrected chi connectivity index (χ1v) is 6.99. The molecule has 1 atom stereocenters. The molecule has 3 N–H and O–H groups in total. The topological polar surface area (TPSA) is 78.9 Å². The number of amidine groups is 1. The Morgan fingerprint density at radius 3 is 2.61 bits per heavy atom. The fraction of sp³-hybridized carbons (Fsp3) is 0.846. The zero-order valence-corrected chi connectivity index (χ0v) is 10.8. The molecule has 1 amide bonds. The first-order chi connectivity index (χ1) is 8.72. The molecule has 0 bridgehead atoms. The van der Waals surface area contributed by atoms with E-state index >= 15 is 0 Å². The Balaban J connectivity index is 1.91. The van der Waals surface area contributed by atoms with Crippen LogP contribution in [0, 0.1) is 5.92 Å². The second-order valence-corrected chi connectivity index (χ2v) is 5.48. The lowest BCUT2D eigenvalue weighted by molar-refractivity contribution is -0.132. The molecule has 1 heterocycles. The van der Waals surface area contributed by atoms with Gasteiger partial charge in [-0.1, -0.05) is 24.4 Å². The quantitative estimate of drug-likeness (QED) is 0.348. The Kier molecular flexibility index (Phi) is 4.44. The fourth-order valence-corrected chi connectivity index (χ4v) is 3.19. The highest BCUT2D eigenvalue weighted by atomic mass is 16.4. The van der Waals surface area contributed by atoms with E-state index in [4.69, 9.17) is 10.9 Å². The largest absolute Gasteiger partial charge is 0.409 e. The van der Waals surface area contributed by atoms with Crippen molar-refractivity contribution in [2.45, 2.75) is 57.4 Å². The molecule has 5 heteroatoms. The predicted octanol–water partition coefficient (Wildman–Crippen LogP) is 1.69. The minimum Gasteiger partial charge on any atom is -0.409 e. The van der Waals surface area contributed by atoms with Crippen molar-refractivity contribution in [3.63, 3.8) is 0 Å². The summed E-state index contributed by atoms with van der Waals surface area (Å²) >= 11 is 0. The van der Waals surface area contributed by atoms with Crippen LogP contribution in [-0.2, 0) is 4.79 Å². The Morgan fingerprint density at radius 1 is 1.22 bits per heavy atom. The van der Waals surface area contributed by atoms with Crippen molar-refractivity contribution in [2.24, 2.45) is 16.8 Å². The lowest BCUT2D eigenvalue weighted by atomic mass is 9.86. The molecule has 0 aromatic heterocycles. The van der Waals surface area contributed by atoms with Crippen molar-refractivity contribution in [3.05, 3.63) is 0 Å². The van der Waals surface area contributed by atoms with Gasteiger partial charge in [0.2, 0.25) is 5.91 Å². The Bertz CT molecular complexity index is 324. The molecule has 2 fully saturated rings. The molecule has 0 aromatic rings. The van der Waals surface area contributed by atoms with E-state index in [-0.39, 0.29) is 17.8 Å². The van der Waals surface area contributed by atoms with Crippen molar-refractivity contribution < 1.29 is 10.0 Å². The van der Waals surface area contributed by atoms with E-state index in [0.717, 1.165) is 19.4 Å². The lowest BCUT2D eigenvalue weighted by Crippen LogP contribution is -2.44. The molecule has 1 aliphatic carbocycles. The molecule has 2 aliphatic rings. The van der Waals surface area contributed by atoms with Gasteiger partial charge in [-0.25, -0.2) is 0 Å². The number of likely N-dealkylation sites (tertiary alicyclic amines) is 1. The Labute approximate surface area is 108 Å². The molecular formula is C13H23N3O2. The minimum atomic E-state index is -0.189. The van der Waals surface area contributed by atoms with Gasteiger partial charge in [-0.3, -0.25) is 4.79 Å². The summed E-state index contributed by atoms with van der Waals surface area (Å²) in [6.07, 6.45) is 8.55. The third-order valence-electron chi connectivity index (χ3n) is 4.22. The molecule has 18 heavy (non-hydrogen) atoms. The van der Waals surface area contributed by atoms with Crippen LogP contribution in [0.1, 0.15) is 51.4 Å². The molecule has 0 spiro atoms. The fourth-order valence-electron chi connectivity index (χ4n) is 3.19. The minimum absolute atomic E-state index is 0.171. The van der Waals surface area contributed by atoms with Gasteiger partial charge < -0.3 is 15.8 Å².